The van der Waals surface area contributed by atoms with Crippen molar-refractivity contribution >= 4 is 27.5 Å². The molecule has 0 unspecified atom stereocenters. The smallest absolute Gasteiger partial charge is 0.130 e. The maximum atomic E-state index is 7.71. The van der Waals surface area contributed by atoms with Crippen molar-refractivity contribution in [2.45, 2.75) is 19.6 Å². The Morgan fingerprint density at radius 3 is 3.27 bits per heavy atom. The van der Waals surface area contributed by atoms with Gasteiger partial charge in [0, 0.05) is 19.8 Å². The molecule has 0 aliphatic carbocycles. The van der Waals surface area contributed by atoms with Crippen molar-refractivity contribution in [3.63, 3.8) is 0 Å². The van der Waals surface area contributed by atoms with Crippen LogP contribution in [0.3, 0.4) is 0 Å². The Labute approximate surface area is 89.8 Å². The van der Waals surface area contributed by atoms with Gasteiger partial charge in [0.15, 0.2) is 0 Å². The largest absolute Gasteiger partial charge is 0.241 e. The molecule has 1 heterocycles. The molecule has 0 N–H and O–H groups in total. The highest BCUT2D eigenvalue weighted by atomic mass is 79.9. The third-order valence-corrected chi connectivity index (χ3v) is 1.60. The van der Waals surface area contributed by atoms with E-state index in [4.69, 9.17) is 21.2 Å². The lowest BCUT2D eigenvalue weighted by molar-refractivity contribution is 0.881. The molecule has 0 saturated heterocycles. The molecule has 0 amide bonds. The van der Waals surface area contributed by atoms with E-state index in [9.17, 15) is 0 Å². The highest BCUT2D eigenvalue weighted by Crippen LogP contribution is 2.16. The zero-order valence-electron chi connectivity index (χ0n) is 12.4. The van der Waals surface area contributed by atoms with Crippen LogP contribution in [0.2, 0.25) is 5.15 Å². The minimum Gasteiger partial charge on any atom is -0.241 e. The first-order valence-corrected chi connectivity index (χ1v) is 3.90. The zero-order chi connectivity index (χ0) is 14.4. The quantitative estimate of drug-likeness (QED) is 0.723. The third kappa shape index (κ3) is 2.80. The lowest BCUT2D eigenvalue weighted by Crippen LogP contribution is -1.88. The fourth-order valence-electron chi connectivity index (χ4n) is 0.594. The maximum absolute atomic E-state index is 7.71. The molecule has 3 heteroatoms. The van der Waals surface area contributed by atoms with Gasteiger partial charge in [-0.15, -0.1) is 0 Å². The highest BCUT2D eigenvalue weighted by Gasteiger charge is 1.97. The van der Waals surface area contributed by atoms with Crippen molar-refractivity contribution in [3.05, 3.63) is 27.5 Å². The molecule has 0 saturated carbocycles. The molecule has 0 atom stereocenters. The number of hydrogen-bond acceptors (Lipinski definition) is 1. The average molecular weight is 242 g/mol. The Morgan fingerprint density at radius 1 is 1.82 bits per heavy atom. The molecule has 0 fully saturated rings. The van der Waals surface area contributed by atoms with Crippen LogP contribution in [0.15, 0.2) is 16.6 Å². The van der Waals surface area contributed by atoms with Gasteiger partial charge >= 0.3 is 0 Å². The third-order valence-electron chi connectivity index (χ3n) is 0.949. The van der Waals surface area contributed by atoms with Crippen LogP contribution in [0.4, 0.5) is 0 Å². The van der Waals surface area contributed by atoms with Crippen molar-refractivity contribution in [3.8, 4) is 0 Å². The topological polar surface area (TPSA) is 12.9 Å². The SMILES string of the molecule is [2H]C([2H])([2H])C([2H])([2H])C([2H])([2H])c1cc(Br)cc(Cl)n1. The second kappa shape index (κ2) is 4.07. The van der Waals surface area contributed by atoms with Crippen LogP contribution in [-0.4, -0.2) is 4.98 Å². The van der Waals surface area contributed by atoms with Gasteiger partial charge in [0.25, 0.3) is 0 Å². The highest BCUT2D eigenvalue weighted by molar-refractivity contribution is 9.10. The number of hydrogen-bond donors (Lipinski definition) is 0. The first-order valence-electron chi connectivity index (χ1n) is 6.23. The summed E-state index contributed by atoms with van der Waals surface area (Å²) in [6.07, 6.45) is -5.89. The van der Waals surface area contributed by atoms with E-state index in [-0.39, 0.29) is 10.8 Å². The minimum atomic E-state index is -3.12. The van der Waals surface area contributed by atoms with Gasteiger partial charge in [0.1, 0.15) is 5.15 Å². The number of aryl methyl sites for hydroxylation is 1. The van der Waals surface area contributed by atoms with E-state index in [1.165, 1.54) is 12.1 Å². The summed E-state index contributed by atoms with van der Waals surface area (Å²) in [7, 11) is 0. The number of nitrogens with zero attached hydrogens (tertiary/aromatic N) is 1. The Bertz CT molecular complexity index is 439. The van der Waals surface area contributed by atoms with Crippen LogP contribution in [0.5, 0.6) is 0 Å². The van der Waals surface area contributed by atoms with Crippen LogP contribution in [0.25, 0.3) is 0 Å². The summed E-state index contributed by atoms with van der Waals surface area (Å²) < 4.78 is 52.1. The molecule has 0 spiro atoms. The monoisotopic (exact) mass is 240 g/mol. The molecule has 1 nitrogen and oxygen atoms in total. The van der Waals surface area contributed by atoms with E-state index in [1.54, 1.807) is 0 Å². The van der Waals surface area contributed by atoms with Gasteiger partial charge in [0.05, 0.1) is 0 Å². The van der Waals surface area contributed by atoms with Gasteiger partial charge in [-0.25, -0.2) is 4.98 Å². The molecule has 1 aromatic rings. The first-order chi connectivity index (χ1) is 7.89. The summed E-state index contributed by atoms with van der Waals surface area (Å²) in [5.41, 5.74) is -0.372. The Morgan fingerprint density at radius 2 is 2.64 bits per heavy atom. The van der Waals surface area contributed by atoms with Gasteiger partial charge < -0.3 is 0 Å². The van der Waals surface area contributed by atoms with Crippen molar-refractivity contribution in [1.82, 2.24) is 4.98 Å². The van der Waals surface area contributed by atoms with Gasteiger partial charge in [-0.2, -0.15) is 0 Å². The number of rotatable bonds is 2. The van der Waals surface area contributed by atoms with Gasteiger partial charge in [-0.05, 0) is 18.5 Å². The van der Waals surface area contributed by atoms with Gasteiger partial charge in [-0.1, -0.05) is 40.8 Å². The van der Waals surface area contributed by atoms with E-state index in [0.29, 0.717) is 4.47 Å². The van der Waals surface area contributed by atoms with E-state index >= 15 is 0 Å². The summed E-state index contributed by atoms with van der Waals surface area (Å²) >= 11 is 8.72. The van der Waals surface area contributed by atoms with Crippen molar-refractivity contribution in [1.29, 1.82) is 0 Å². The Balaban J connectivity index is 3.37. The fraction of sp³-hybridized carbons (Fsp3) is 0.375. The molecule has 0 aromatic carbocycles. The van der Waals surface area contributed by atoms with E-state index in [0.717, 1.165) is 0 Å². The van der Waals surface area contributed by atoms with Crippen molar-refractivity contribution < 1.29 is 9.60 Å². The van der Waals surface area contributed by atoms with Crippen LogP contribution in [0.1, 0.15) is 28.5 Å². The van der Waals surface area contributed by atoms with E-state index in [1.807, 2.05) is 0 Å². The Hall–Kier alpha value is -0.0800. The standard InChI is InChI=1S/C8H9BrClN/c1-2-3-7-4-6(9)5-8(10)11-7/h4-5H,2-3H2,1H3/i1D3,2D2,3D2. The van der Waals surface area contributed by atoms with Gasteiger partial charge in [0.2, 0.25) is 0 Å². The predicted octanol–water partition coefficient (Wildman–Crippen LogP) is 3.45. The fourth-order valence-corrected chi connectivity index (χ4v) is 1.37. The molecule has 1 aromatic heterocycles. The van der Waals surface area contributed by atoms with Crippen LogP contribution in [0, 0.1) is 0 Å². The molecule has 11 heavy (non-hydrogen) atoms. The summed E-state index contributed by atoms with van der Waals surface area (Å²) in [5.74, 6) is 0. The normalized spacial score (nSPS) is 23.3. The second-order valence-electron chi connectivity index (χ2n) is 1.74. The molecular formula is C8H9BrClN. The lowest BCUT2D eigenvalue weighted by atomic mass is 10.2. The van der Waals surface area contributed by atoms with Crippen LogP contribution < -0.4 is 0 Å². The first kappa shape index (κ1) is 3.35. The molecule has 0 aliphatic heterocycles. The molecular weight excluding hydrogens is 225 g/mol. The van der Waals surface area contributed by atoms with Crippen LogP contribution in [-0.2, 0) is 6.37 Å². The zero-order valence-corrected chi connectivity index (χ0v) is 7.70. The summed E-state index contributed by atoms with van der Waals surface area (Å²) in [5, 5.41) is -0.0513. The molecule has 1 rings (SSSR count). The second-order valence-corrected chi connectivity index (χ2v) is 3.05. The van der Waals surface area contributed by atoms with Crippen molar-refractivity contribution in [2.75, 3.05) is 0 Å². The van der Waals surface area contributed by atoms with E-state index < -0.39 is 19.6 Å². The van der Waals surface area contributed by atoms with Crippen LogP contribution >= 0.6 is 27.5 Å². The molecule has 0 aliphatic rings. The number of halogens is 2. The van der Waals surface area contributed by atoms with Crippen molar-refractivity contribution in [2.24, 2.45) is 0 Å². The summed E-state index contributed by atoms with van der Waals surface area (Å²) in [4.78, 5) is 3.66. The lowest BCUT2D eigenvalue weighted by Gasteiger charge is -1.98. The molecule has 60 valence electrons. The minimum absolute atomic E-state index is 0.0513. The number of pyridine rings is 1. The van der Waals surface area contributed by atoms with E-state index in [2.05, 4.69) is 20.9 Å². The predicted molar refractivity (Wildman–Crippen MR) is 50.9 cm³/mol. The molecule has 0 bridgehead atoms. The molecule has 0 radical (unpaired) electrons. The van der Waals surface area contributed by atoms with Gasteiger partial charge in [-0.3, -0.25) is 0 Å². The maximum Gasteiger partial charge on any atom is 0.130 e. The summed E-state index contributed by atoms with van der Waals surface area (Å²) in [6, 6.07) is 2.60. The average Bonchev–Trinajstić information content (AvgIpc) is 2.13. The Kier molecular flexibility index (Phi) is 1.24. The number of aromatic nitrogens is 1. The summed E-state index contributed by atoms with van der Waals surface area (Å²) in [6.45, 7) is -3.12.